The number of halogens is 3. The summed E-state index contributed by atoms with van der Waals surface area (Å²) in [7, 11) is 0. The molecular weight excluding hydrogens is 501 g/mol. The number of benzene rings is 2. The predicted octanol–water partition coefficient (Wildman–Crippen LogP) is 3.93. The summed E-state index contributed by atoms with van der Waals surface area (Å²) in [5.74, 6) is -0.0575. The van der Waals surface area contributed by atoms with Gasteiger partial charge in [0.15, 0.2) is 5.96 Å². The fourth-order valence-corrected chi connectivity index (χ4v) is 3.98. The first-order valence-electron chi connectivity index (χ1n) is 10.1. The highest BCUT2D eigenvalue weighted by Gasteiger charge is 2.43. The van der Waals surface area contributed by atoms with E-state index in [1.54, 1.807) is 6.07 Å². The van der Waals surface area contributed by atoms with Gasteiger partial charge in [0.05, 0.1) is 5.69 Å². The van der Waals surface area contributed by atoms with Crippen LogP contribution in [0.25, 0.3) is 0 Å². The Balaban J connectivity index is 0.00000256. The minimum Gasteiger partial charge on any atom is -0.506 e. The van der Waals surface area contributed by atoms with Gasteiger partial charge in [-0.3, -0.25) is 4.99 Å². The molecule has 8 heteroatoms. The van der Waals surface area contributed by atoms with Crippen molar-refractivity contribution in [2.75, 3.05) is 37.6 Å². The van der Waals surface area contributed by atoms with E-state index in [2.05, 4.69) is 20.1 Å². The van der Waals surface area contributed by atoms with Gasteiger partial charge in [-0.05, 0) is 37.6 Å². The van der Waals surface area contributed by atoms with E-state index in [9.17, 15) is 13.9 Å². The predicted molar refractivity (Wildman–Crippen MR) is 126 cm³/mol. The molecule has 2 aliphatic rings. The van der Waals surface area contributed by atoms with Crippen LogP contribution >= 0.6 is 24.0 Å². The van der Waals surface area contributed by atoms with E-state index in [0.717, 1.165) is 37.8 Å². The van der Waals surface area contributed by atoms with Gasteiger partial charge in [-0.15, -0.1) is 24.0 Å². The average molecular weight is 528 g/mol. The molecule has 1 heterocycles. The molecule has 2 aromatic rings. The number of para-hydroxylation sites is 2. The third kappa shape index (κ3) is 4.79. The number of hydrogen-bond acceptors (Lipinski definition) is 3. The summed E-state index contributed by atoms with van der Waals surface area (Å²) in [5, 5.41) is 13.5. The third-order valence-electron chi connectivity index (χ3n) is 5.58. The number of phenols is 1. The number of hydrogen-bond donors (Lipinski definition) is 2. The van der Waals surface area contributed by atoms with Crippen LogP contribution in [0, 0.1) is 11.6 Å². The summed E-state index contributed by atoms with van der Waals surface area (Å²) < 4.78 is 28.1. The SMILES string of the molecule is CCN=C(NC1CC1c1c(F)cccc1F)N1CCN(c2ccccc2O)CC1.I. The second-order valence-corrected chi connectivity index (χ2v) is 7.49. The van der Waals surface area contributed by atoms with Crippen LogP contribution in [0.3, 0.4) is 0 Å². The first-order valence-corrected chi connectivity index (χ1v) is 10.1. The monoisotopic (exact) mass is 528 g/mol. The molecule has 0 radical (unpaired) electrons. The summed E-state index contributed by atoms with van der Waals surface area (Å²) in [6.45, 7) is 5.64. The van der Waals surface area contributed by atoms with Gasteiger partial charge in [0.1, 0.15) is 17.4 Å². The summed E-state index contributed by atoms with van der Waals surface area (Å²) in [5.41, 5.74) is 1.01. The Bertz CT molecular complexity index is 882. The second-order valence-electron chi connectivity index (χ2n) is 7.49. The molecule has 1 aliphatic heterocycles. The maximum absolute atomic E-state index is 14.1. The van der Waals surface area contributed by atoms with Gasteiger partial charge in [-0.2, -0.15) is 0 Å². The van der Waals surface area contributed by atoms with Crippen LogP contribution in [0.2, 0.25) is 0 Å². The lowest BCUT2D eigenvalue weighted by Gasteiger charge is -2.38. The topological polar surface area (TPSA) is 51.1 Å². The average Bonchev–Trinajstić information content (AvgIpc) is 3.47. The molecule has 2 unspecified atom stereocenters. The van der Waals surface area contributed by atoms with E-state index in [-0.39, 0.29) is 47.2 Å². The highest BCUT2D eigenvalue weighted by molar-refractivity contribution is 14.0. The van der Waals surface area contributed by atoms with Crippen LogP contribution < -0.4 is 10.2 Å². The number of nitrogens with zero attached hydrogens (tertiary/aromatic N) is 3. The van der Waals surface area contributed by atoms with Crippen LogP contribution in [-0.4, -0.2) is 54.7 Å². The van der Waals surface area contributed by atoms with E-state index >= 15 is 0 Å². The number of piperazine rings is 1. The van der Waals surface area contributed by atoms with Crippen LogP contribution in [0.5, 0.6) is 5.75 Å². The lowest BCUT2D eigenvalue weighted by molar-refractivity contribution is 0.368. The zero-order valence-electron chi connectivity index (χ0n) is 16.9. The van der Waals surface area contributed by atoms with E-state index in [1.807, 2.05) is 25.1 Å². The number of guanidine groups is 1. The van der Waals surface area contributed by atoms with Gasteiger partial charge < -0.3 is 20.2 Å². The van der Waals surface area contributed by atoms with Gasteiger partial charge in [0, 0.05) is 50.2 Å². The van der Waals surface area contributed by atoms with E-state index in [1.165, 1.54) is 18.2 Å². The molecule has 4 rings (SSSR count). The summed E-state index contributed by atoms with van der Waals surface area (Å²) in [6.07, 6.45) is 0.693. The van der Waals surface area contributed by atoms with Crippen molar-refractivity contribution in [3.63, 3.8) is 0 Å². The van der Waals surface area contributed by atoms with Crippen LogP contribution in [0.4, 0.5) is 14.5 Å². The van der Waals surface area contributed by atoms with Gasteiger partial charge in [-0.25, -0.2) is 8.78 Å². The maximum Gasteiger partial charge on any atom is 0.194 e. The fraction of sp³-hybridized carbons (Fsp3) is 0.409. The minimum absolute atomic E-state index is 0. The first-order chi connectivity index (χ1) is 14.1. The fourth-order valence-electron chi connectivity index (χ4n) is 3.98. The Morgan fingerprint density at radius 3 is 2.37 bits per heavy atom. The molecule has 2 fully saturated rings. The first kappa shape index (κ1) is 22.6. The Kier molecular flexibility index (Phi) is 7.38. The van der Waals surface area contributed by atoms with Crippen LogP contribution in [-0.2, 0) is 0 Å². The van der Waals surface area contributed by atoms with E-state index < -0.39 is 11.6 Å². The highest BCUT2D eigenvalue weighted by atomic mass is 127. The van der Waals surface area contributed by atoms with Gasteiger partial charge in [-0.1, -0.05) is 18.2 Å². The van der Waals surface area contributed by atoms with Crippen molar-refractivity contribution in [1.82, 2.24) is 10.2 Å². The number of aromatic hydroxyl groups is 1. The molecule has 0 spiro atoms. The largest absolute Gasteiger partial charge is 0.506 e. The smallest absolute Gasteiger partial charge is 0.194 e. The number of rotatable bonds is 4. The second kappa shape index (κ2) is 9.80. The molecule has 1 saturated heterocycles. The Hall–Kier alpha value is -2.10. The molecule has 1 saturated carbocycles. The van der Waals surface area contributed by atoms with Crippen molar-refractivity contribution >= 4 is 35.6 Å². The van der Waals surface area contributed by atoms with Crippen molar-refractivity contribution in [2.45, 2.75) is 25.3 Å². The third-order valence-corrected chi connectivity index (χ3v) is 5.58. The molecule has 5 nitrogen and oxygen atoms in total. The Morgan fingerprint density at radius 2 is 1.73 bits per heavy atom. The normalized spacial score (nSPS) is 21.2. The van der Waals surface area contributed by atoms with Crippen molar-refractivity contribution in [3.8, 4) is 5.75 Å². The number of anilines is 1. The quantitative estimate of drug-likeness (QED) is 0.359. The Labute approximate surface area is 192 Å². The van der Waals surface area contributed by atoms with Crippen molar-refractivity contribution in [1.29, 1.82) is 0 Å². The molecule has 2 atom stereocenters. The summed E-state index contributed by atoms with van der Waals surface area (Å²) in [4.78, 5) is 8.92. The molecule has 30 heavy (non-hydrogen) atoms. The molecule has 2 N–H and O–H groups in total. The minimum atomic E-state index is -0.482. The van der Waals surface area contributed by atoms with E-state index in [4.69, 9.17) is 0 Å². The molecule has 0 amide bonds. The highest BCUT2D eigenvalue weighted by Crippen LogP contribution is 2.43. The van der Waals surface area contributed by atoms with E-state index in [0.29, 0.717) is 13.0 Å². The Morgan fingerprint density at radius 1 is 1.07 bits per heavy atom. The number of nitrogens with one attached hydrogen (secondary N) is 1. The van der Waals surface area contributed by atoms with Crippen molar-refractivity contribution in [2.24, 2.45) is 4.99 Å². The molecular formula is C22H27F2IN4O. The molecule has 1 aliphatic carbocycles. The maximum atomic E-state index is 14.1. The zero-order valence-corrected chi connectivity index (χ0v) is 19.2. The standard InChI is InChI=1S/C22H26F2N4O.HI/c1-2-25-22(26-18-14-15(18)21-16(23)6-5-7-17(21)24)28-12-10-27(11-13-28)19-8-3-4-9-20(19)29;/h3-9,15,18,29H,2,10-14H2,1H3,(H,25,26);1H. The number of phenolic OH excluding ortho intramolecular Hbond substituents is 1. The zero-order chi connectivity index (χ0) is 20.4. The lowest BCUT2D eigenvalue weighted by Crippen LogP contribution is -2.53. The van der Waals surface area contributed by atoms with Gasteiger partial charge in [0.25, 0.3) is 0 Å². The van der Waals surface area contributed by atoms with Gasteiger partial charge >= 0.3 is 0 Å². The van der Waals surface area contributed by atoms with Gasteiger partial charge in [0.2, 0.25) is 0 Å². The number of aliphatic imine (C=N–C) groups is 1. The van der Waals surface area contributed by atoms with Crippen molar-refractivity contribution in [3.05, 3.63) is 59.7 Å². The molecule has 0 bridgehead atoms. The summed E-state index contributed by atoms with van der Waals surface area (Å²) in [6, 6.07) is 11.4. The molecule has 0 aromatic heterocycles. The summed E-state index contributed by atoms with van der Waals surface area (Å²) >= 11 is 0. The van der Waals surface area contributed by atoms with Crippen LogP contribution in [0.1, 0.15) is 24.8 Å². The van der Waals surface area contributed by atoms with Crippen molar-refractivity contribution < 1.29 is 13.9 Å². The molecule has 2 aromatic carbocycles. The molecule has 162 valence electrons. The lowest BCUT2D eigenvalue weighted by atomic mass is 10.1. The van der Waals surface area contributed by atoms with Crippen LogP contribution in [0.15, 0.2) is 47.5 Å².